The molecule has 3 nitrogen and oxygen atoms in total. The summed E-state index contributed by atoms with van der Waals surface area (Å²) in [5.41, 5.74) is -0.343. The highest BCUT2D eigenvalue weighted by molar-refractivity contribution is 5.69. The average molecular weight is 243 g/mol. The third-order valence-corrected chi connectivity index (χ3v) is 2.48. The lowest BCUT2D eigenvalue weighted by molar-refractivity contribution is -0.154. The van der Waals surface area contributed by atoms with E-state index in [1.54, 1.807) is 0 Å². The Balaban J connectivity index is 3.25. The van der Waals surface area contributed by atoms with E-state index in [1.165, 1.54) is 25.7 Å². The highest BCUT2D eigenvalue weighted by Crippen LogP contribution is 2.11. The minimum absolute atomic E-state index is 0.0623. The molecule has 0 bridgehead atoms. The van der Waals surface area contributed by atoms with Crippen LogP contribution in [-0.2, 0) is 9.53 Å². The van der Waals surface area contributed by atoms with E-state index < -0.39 is 0 Å². The van der Waals surface area contributed by atoms with Crippen LogP contribution in [0.5, 0.6) is 0 Å². The van der Waals surface area contributed by atoms with Crippen molar-refractivity contribution in [2.45, 2.75) is 71.3 Å². The van der Waals surface area contributed by atoms with Crippen LogP contribution in [0.4, 0.5) is 0 Å². The standard InChI is InChI=1S/C14H29NO2/c1-14(2,3)17-13(16)11-9-7-5-6-8-10-12-15-4/h15H,5-12H2,1-4H3. The lowest BCUT2D eigenvalue weighted by Crippen LogP contribution is -2.23. The number of hydrogen-bond acceptors (Lipinski definition) is 3. The fourth-order valence-electron chi connectivity index (χ4n) is 1.67. The molecular formula is C14H29NO2. The van der Waals surface area contributed by atoms with E-state index in [2.05, 4.69) is 5.32 Å². The fourth-order valence-corrected chi connectivity index (χ4v) is 1.67. The molecular weight excluding hydrogens is 214 g/mol. The van der Waals surface area contributed by atoms with Crippen LogP contribution in [-0.4, -0.2) is 25.2 Å². The molecule has 0 saturated heterocycles. The molecule has 0 fully saturated rings. The van der Waals surface area contributed by atoms with Crippen molar-refractivity contribution in [3.63, 3.8) is 0 Å². The molecule has 0 saturated carbocycles. The largest absolute Gasteiger partial charge is 0.460 e. The van der Waals surface area contributed by atoms with Crippen LogP contribution in [0, 0.1) is 0 Å². The average Bonchev–Trinajstić information content (AvgIpc) is 2.19. The Bertz CT molecular complexity index is 197. The normalized spacial score (nSPS) is 11.5. The zero-order valence-electron chi connectivity index (χ0n) is 12.0. The summed E-state index contributed by atoms with van der Waals surface area (Å²) in [5, 5.41) is 3.15. The van der Waals surface area contributed by atoms with Gasteiger partial charge in [-0.3, -0.25) is 4.79 Å². The van der Waals surface area contributed by atoms with Gasteiger partial charge in [-0.1, -0.05) is 25.7 Å². The van der Waals surface area contributed by atoms with Crippen molar-refractivity contribution in [2.24, 2.45) is 0 Å². The molecule has 0 rings (SSSR count). The van der Waals surface area contributed by atoms with E-state index in [4.69, 9.17) is 4.74 Å². The van der Waals surface area contributed by atoms with Crippen LogP contribution in [0.1, 0.15) is 65.7 Å². The fraction of sp³-hybridized carbons (Fsp3) is 0.929. The molecule has 0 aliphatic heterocycles. The van der Waals surface area contributed by atoms with Crippen LogP contribution >= 0.6 is 0 Å². The zero-order valence-corrected chi connectivity index (χ0v) is 12.0. The summed E-state index contributed by atoms with van der Waals surface area (Å²) >= 11 is 0. The number of ether oxygens (including phenoxy) is 1. The Morgan fingerprint density at radius 1 is 1.00 bits per heavy atom. The second-order valence-corrected chi connectivity index (χ2v) is 5.56. The maximum atomic E-state index is 11.4. The monoisotopic (exact) mass is 243 g/mol. The van der Waals surface area contributed by atoms with E-state index in [0.29, 0.717) is 6.42 Å². The number of carbonyl (C=O) groups is 1. The molecule has 0 aliphatic rings. The highest BCUT2D eigenvalue weighted by Gasteiger charge is 2.15. The second kappa shape index (κ2) is 9.46. The Morgan fingerprint density at radius 2 is 1.53 bits per heavy atom. The molecule has 0 radical (unpaired) electrons. The molecule has 0 atom stereocenters. The van der Waals surface area contributed by atoms with Gasteiger partial charge in [-0.25, -0.2) is 0 Å². The summed E-state index contributed by atoms with van der Waals surface area (Å²) in [6.45, 7) is 6.84. The Kier molecular flexibility index (Phi) is 9.14. The maximum Gasteiger partial charge on any atom is 0.306 e. The summed E-state index contributed by atoms with van der Waals surface area (Å²) in [6.07, 6.45) is 7.70. The number of nitrogens with one attached hydrogen (secondary N) is 1. The highest BCUT2D eigenvalue weighted by atomic mass is 16.6. The summed E-state index contributed by atoms with van der Waals surface area (Å²) in [4.78, 5) is 11.4. The molecule has 102 valence electrons. The van der Waals surface area contributed by atoms with Gasteiger partial charge in [0.05, 0.1) is 0 Å². The van der Waals surface area contributed by atoms with Gasteiger partial charge in [-0.2, -0.15) is 0 Å². The number of unbranched alkanes of at least 4 members (excludes halogenated alkanes) is 5. The molecule has 0 aromatic heterocycles. The summed E-state index contributed by atoms with van der Waals surface area (Å²) < 4.78 is 5.25. The molecule has 0 spiro atoms. The second-order valence-electron chi connectivity index (χ2n) is 5.56. The zero-order chi connectivity index (χ0) is 13.1. The molecule has 0 aliphatic carbocycles. The van der Waals surface area contributed by atoms with E-state index >= 15 is 0 Å². The summed E-state index contributed by atoms with van der Waals surface area (Å²) in [5.74, 6) is -0.0623. The summed E-state index contributed by atoms with van der Waals surface area (Å²) in [6, 6.07) is 0. The van der Waals surface area contributed by atoms with Crippen molar-refractivity contribution >= 4 is 5.97 Å². The first-order valence-corrected chi connectivity index (χ1v) is 6.82. The molecule has 0 unspecified atom stereocenters. The number of hydrogen-bond donors (Lipinski definition) is 1. The Labute approximate surface area is 106 Å². The van der Waals surface area contributed by atoms with Crippen molar-refractivity contribution in [1.29, 1.82) is 0 Å². The van der Waals surface area contributed by atoms with Gasteiger partial charge in [0, 0.05) is 6.42 Å². The Hall–Kier alpha value is -0.570. The van der Waals surface area contributed by atoms with Gasteiger partial charge in [0.15, 0.2) is 0 Å². The Morgan fingerprint density at radius 3 is 2.06 bits per heavy atom. The third kappa shape index (κ3) is 13.4. The first-order chi connectivity index (χ1) is 7.95. The number of carbonyl (C=O) groups excluding carboxylic acids is 1. The quantitative estimate of drug-likeness (QED) is 0.499. The molecule has 0 aromatic rings. The minimum Gasteiger partial charge on any atom is -0.460 e. The van der Waals surface area contributed by atoms with E-state index in [9.17, 15) is 4.79 Å². The molecule has 0 aromatic carbocycles. The SMILES string of the molecule is CNCCCCCCCCC(=O)OC(C)(C)C. The van der Waals surface area contributed by atoms with Gasteiger partial charge in [-0.05, 0) is 47.2 Å². The topological polar surface area (TPSA) is 38.3 Å². The third-order valence-electron chi connectivity index (χ3n) is 2.48. The predicted octanol–water partition coefficient (Wildman–Crippen LogP) is 3.28. The minimum atomic E-state index is -0.343. The van der Waals surface area contributed by atoms with Crippen LogP contribution in [0.3, 0.4) is 0 Å². The van der Waals surface area contributed by atoms with Gasteiger partial charge in [0.25, 0.3) is 0 Å². The lowest BCUT2D eigenvalue weighted by atomic mass is 10.1. The van der Waals surface area contributed by atoms with Gasteiger partial charge in [0.1, 0.15) is 5.60 Å². The molecule has 0 amide bonds. The van der Waals surface area contributed by atoms with E-state index in [-0.39, 0.29) is 11.6 Å². The van der Waals surface area contributed by atoms with E-state index in [0.717, 1.165) is 19.4 Å². The smallest absolute Gasteiger partial charge is 0.306 e. The van der Waals surface area contributed by atoms with Crippen molar-refractivity contribution < 1.29 is 9.53 Å². The number of esters is 1. The first-order valence-electron chi connectivity index (χ1n) is 6.82. The molecule has 0 heterocycles. The van der Waals surface area contributed by atoms with Crippen LogP contribution < -0.4 is 5.32 Å². The lowest BCUT2D eigenvalue weighted by Gasteiger charge is -2.19. The maximum absolute atomic E-state index is 11.4. The van der Waals surface area contributed by atoms with Gasteiger partial charge >= 0.3 is 5.97 Å². The van der Waals surface area contributed by atoms with Crippen LogP contribution in [0.15, 0.2) is 0 Å². The van der Waals surface area contributed by atoms with Gasteiger partial charge in [-0.15, -0.1) is 0 Å². The molecule has 17 heavy (non-hydrogen) atoms. The molecule has 3 heteroatoms. The molecule has 1 N–H and O–H groups in total. The van der Waals surface area contributed by atoms with Crippen molar-refractivity contribution in [1.82, 2.24) is 5.32 Å². The predicted molar refractivity (Wildman–Crippen MR) is 72.1 cm³/mol. The van der Waals surface area contributed by atoms with Gasteiger partial charge in [0.2, 0.25) is 0 Å². The van der Waals surface area contributed by atoms with Crippen molar-refractivity contribution in [3.05, 3.63) is 0 Å². The van der Waals surface area contributed by atoms with Crippen molar-refractivity contribution in [3.8, 4) is 0 Å². The summed E-state index contributed by atoms with van der Waals surface area (Å²) in [7, 11) is 1.99. The van der Waals surface area contributed by atoms with Crippen LogP contribution in [0.25, 0.3) is 0 Å². The van der Waals surface area contributed by atoms with Crippen molar-refractivity contribution in [2.75, 3.05) is 13.6 Å². The van der Waals surface area contributed by atoms with Crippen LogP contribution in [0.2, 0.25) is 0 Å². The van der Waals surface area contributed by atoms with E-state index in [1.807, 2.05) is 27.8 Å². The van der Waals surface area contributed by atoms with Gasteiger partial charge < -0.3 is 10.1 Å². The first kappa shape index (κ1) is 16.4. The number of rotatable bonds is 9.